The Bertz CT molecular complexity index is 975. The van der Waals surface area contributed by atoms with E-state index in [1.54, 1.807) is 11.9 Å². The third kappa shape index (κ3) is 3.36. The highest BCUT2D eigenvalue weighted by molar-refractivity contribution is 6.09. The topological polar surface area (TPSA) is 69.7 Å². The average molecular weight is 405 g/mol. The van der Waals surface area contributed by atoms with E-state index >= 15 is 0 Å². The molecule has 0 radical (unpaired) electrons. The van der Waals surface area contributed by atoms with Gasteiger partial charge < -0.3 is 10.2 Å². The molecule has 1 saturated heterocycles. The van der Waals surface area contributed by atoms with E-state index in [1.807, 2.05) is 49.4 Å². The maximum absolute atomic E-state index is 13.2. The Balaban J connectivity index is 1.48. The van der Waals surface area contributed by atoms with Crippen molar-refractivity contribution >= 4 is 17.8 Å². The molecule has 1 fully saturated rings. The summed E-state index contributed by atoms with van der Waals surface area (Å²) >= 11 is 0. The molecule has 2 aliphatic rings. The first-order valence-corrected chi connectivity index (χ1v) is 10.5. The van der Waals surface area contributed by atoms with Gasteiger partial charge in [0.1, 0.15) is 12.1 Å². The number of rotatable bonds is 5. The summed E-state index contributed by atoms with van der Waals surface area (Å²) in [7, 11) is 1.77. The molecule has 2 unspecified atom stereocenters. The lowest BCUT2D eigenvalue weighted by Gasteiger charge is -2.33. The van der Waals surface area contributed by atoms with Crippen LogP contribution in [0.5, 0.6) is 0 Å². The van der Waals surface area contributed by atoms with Gasteiger partial charge in [-0.2, -0.15) is 0 Å². The second-order valence-electron chi connectivity index (χ2n) is 8.12. The molecule has 4 rings (SSSR count). The monoisotopic (exact) mass is 405 g/mol. The molecule has 0 spiro atoms. The van der Waals surface area contributed by atoms with Crippen molar-refractivity contribution in [2.45, 2.75) is 44.2 Å². The van der Waals surface area contributed by atoms with Crippen molar-refractivity contribution < 1.29 is 14.4 Å². The molecule has 30 heavy (non-hydrogen) atoms. The molecule has 6 heteroatoms. The maximum atomic E-state index is 13.2. The van der Waals surface area contributed by atoms with Gasteiger partial charge in [-0.1, -0.05) is 61.5 Å². The number of hydrogen-bond acceptors (Lipinski definition) is 3. The average Bonchev–Trinajstić information content (AvgIpc) is 3.03. The van der Waals surface area contributed by atoms with Gasteiger partial charge in [-0.3, -0.25) is 14.5 Å². The summed E-state index contributed by atoms with van der Waals surface area (Å²) in [6, 6.07) is 17.1. The normalized spacial score (nSPS) is 23.1. The van der Waals surface area contributed by atoms with Gasteiger partial charge in [0.2, 0.25) is 5.91 Å². The van der Waals surface area contributed by atoms with E-state index in [-0.39, 0.29) is 24.4 Å². The number of amides is 4. The minimum atomic E-state index is -1.11. The molecule has 2 atom stereocenters. The molecule has 0 saturated carbocycles. The SMILES string of the molecule is CCC1(c2ccccc2)NC(=O)N(CC(=O)N(C)C2CCc3ccccc3C2)C1=O. The molecular weight excluding hydrogens is 378 g/mol. The quantitative estimate of drug-likeness (QED) is 0.778. The number of fused-ring (bicyclic) bond motifs is 1. The number of carbonyl (C=O) groups excluding carboxylic acids is 3. The summed E-state index contributed by atoms with van der Waals surface area (Å²) in [5, 5.41) is 2.84. The van der Waals surface area contributed by atoms with Crippen LogP contribution in [0.25, 0.3) is 0 Å². The van der Waals surface area contributed by atoms with E-state index in [1.165, 1.54) is 11.1 Å². The summed E-state index contributed by atoms with van der Waals surface area (Å²) < 4.78 is 0. The van der Waals surface area contributed by atoms with Crippen molar-refractivity contribution in [3.05, 3.63) is 71.3 Å². The largest absolute Gasteiger partial charge is 0.341 e. The van der Waals surface area contributed by atoms with Crippen LogP contribution in [-0.2, 0) is 28.0 Å². The van der Waals surface area contributed by atoms with Gasteiger partial charge in [0.15, 0.2) is 0 Å². The molecule has 1 aliphatic heterocycles. The van der Waals surface area contributed by atoms with Crippen LogP contribution in [0.1, 0.15) is 36.5 Å². The second kappa shape index (κ2) is 7.94. The van der Waals surface area contributed by atoms with Gasteiger partial charge in [0, 0.05) is 13.1 Å². The number of imide groups is 1. The lowest BCUT2D eigenvalue weighted by atomic mass is 9.87. The molecule has 0 aromatic heterocycles. The zero-order chi connectivity index (χ0) is 21.3. The van der Waals surface area contributed by atoms with Crippen molar-refractivity contribution in [1.29, 1.82) is 0 Å². The Labute approximate surface area is 176 Å². The molecule has 4 amide bonds. The van der Waals surface area contributed by atoms with Crippen LogP contribution in [0.4, 0.5) is 4.79 Å². The van der Waals surface area contributed by atoms with E-state index in [4.69, 9.17) is 0 Å². The van der Waals surface area contributed by atoms with Gasteiger partial charge in [-0.05, 0) is 42.4 Å². The van der Waals surface area contributed by atoms with Crippen LogP contribution < -0.4 is 5.32 Å². The zero-order valence-corrected chi connectivity index (χ0v) is 17.4. The van der Waals surface area contributed by atoms with Crippen molar-refractivity contribution in [3.8, 4) is 0 Å². The highest BCUT2D eigenvalue weighted by Gasteiger charge is 2.51. The predicted octanol–water partition coefficient (Wildman–Crippen LogP) is 2.86. The van der Waals surface area contributed by atoms with Gasteiger partial charge >= 0.3 is 6.03 Å². The number of hydrogen-bond donors (Lipinski definition) is 1. The van der Waals surface area contributed by atoms with Gasteiger partial charge in [0.05, 0.1) is 0 Å². The summed E-state index contributed by atoms with van der Waals surface area (Å²) in [6.45, 7) is 1.62. The molecule has 0 bridgehead atoms. The van der Waals surface area contributed by atoms with E-state index < -0.39 is 11.6 Å². The molecule has 2 aromatic rings. The number of aryl methyl sites for hydroxylation is 1. The smallest absolute Gasteiger partial charge is 0.325 e. The molecule has 1 N–H and O–H groups in total. The van der Waals surface area contributed by atoms with Gasteiger partial charge in [-0.25, -0.2) is 4.79 Å². The fraction of sp³-hybridized carbons (Fsp3) is 0.375. The fourth-order valence-corrected chi connectivity index (χ4v) is 4.59. The minimum Gasteiger partial charge on any atom is -0.341 e. The van der Waals surface area contributed by atoms with Crippen molar-refractivity contribution in [2.24, 2.45) is 0 Å². The number of nitrogens with one attached hydrogen (secondary N) is 1. The number of benzene rings is 2. The van der Waals surface area contributed by atoms with E-state index in [0.29, 0.717) is 6.42 Å². The summed E-state index contributed by atoms with van der Waals surface area (Å²) in [4.78, 5) is 41.6. The predicted molar refractivity (Wildman–Crippen MR) is 114 cm³/mol. The van der Waals surface area contributed by atoms with Crippen molar-refractivity contribution in [2.75, 3.05) is 13.6 Å². The summed E-state index contributed by atoms with van der Waals surface area (Å²) in [5.41, 5.74) is 2.22. The molecule has 1 heterocycles. The Hall–Kier alpha value is -3.15. The summed E-state index contributed by atoms with van der Waals surface area (Å²) in [5.74, 6) is -0.584. The standard InChI is InChI=1S/C24H27N3O3/c1-3-24(19-11-5-4-6-12-19)22(29)27(23(30)25-24)16-21(28)26(2)20-14-13-17-9-7-8-10-18(17)15-20/h4-12,20H,3,13-16H2,1-2H3,(H,25,30). The lowest BCUT2D eigenvalue weighted by molar-refractivity contribution is -0.139. The first-order valence-electron chi connectivity index (χ1n) is 10.5. The van der Waals surface area contributed by atoms with Crippen LogP contribution in [0.3, 0.4) is 0 Å². The van der Waals surface area contributed by atoms with Gasteiger partial charge in [-0.15, -0.1) is 0 Å². The van der Waals surface area contributed by atoms with Gasteiger partial charge in [0.25, 0.3) is 5.91 Å². The van der Waals surface area contributed by atoms with Crippen LogP contribution in [0.2, 0.25) is 0 Å². The number of urea groups is 1. The van der Waals surface area contributed by atoms with Crippen LogP contribution in [0.15, 0.2) is 54.6 Å². The molecule has 6 nitrogen and oxygen atoms in total. The first kappa shape index (κ1) is 20.1. The third-order valence-corrected chi connectivity index (χ3v) is 6.53. The highest BCUT2D eigenvalue weighted by Crippen LogP contribution is 2.32. The van der Waals surface area contributed by atoms with E-state index in [0.717, 1.165) is 29.7 Å². The maximum Gasteiger partial charge on any atom is 0.325 e. The van der Waals surface area contributed by atoms with Crippen LogP contribution >= 0.6 is 0 Å². The third-order valence-electron chi connectivity index (χ3n) is 6.53. The number of likely N-dealkylation sites (N-methyl/N-ethyl adjacent to an activating group) is 1. The summed E-state index contributed by atoms with van der Waals surface area (Å²) in [6.07, 6.45) is 3.01. The Morgan fingerprint density at radius 2 is 1.77 bits per heavy atom. The van der Waals surface area contributed by atoms with Crippen molar-refractivity contribution in [3.63, 3.8) is 0 Å². The first-order chi connectivity index (χ1) is 14.5. The van der Waals surface area contributed by atoms with E-state index in [9.17, 15) is 14.4 Å². The Morgan fingerprint density at radius 3 is 2.47 bits per heavy atom. The van der Waals surface area contributed by atoms with Crippen LogP contribution in [0, 0.1) is 0 Å². The molecular formula is C24H27N3O3. The van der Waals surface area contributed by atoms with Crippen LogP contribution in [-0.4, -0.2) is 47.3 Å². The molecule has 1 aliphatic carbocycles. The van der Waals surface area contributed by atoms with Crippen molar-refractivity contribution in [1.82, 2.24) is 15.1 Å². The fourth-order valence-electron chi connectivity index (χ4n) is 4.59. The second-order valence-corrected chi connectivity index (χ2v) is 8.12. The zero-order valence-electron chi connectivity index (χ0n) is 17.4. The lowest BCUT2D eigenvalue weighted by Crippen LogP contribution is -2.48. The highest BCUT2D eigenvalue weighted by atomic mass is 16.2. The molecule has 2 aromatic carbocycles. The minimum absolute atomic E-state index is 0.0678. The number of nitrogens with zero attached hydrogens (tertiary/aromatic N) is 2. The molecule has 156 valence electrons. The van der Waals surface area contributed by atoms with E-state index in [2.05, 4.69) is 17.4 Å². The Morgan fingerprint density at radius 1 is 1.10 bits per heavy atom. The number of carbonyl (C=O) groups is 3. The Kier molecular flexibility index (Phi) is 5.33.